The first kappa shape index (κ1) is 24.8. The first-order valence-corrected chi connectivity index (χ1v) is 14.1. The van der Waals surface area contributed by atoms with E-state index in [2.05, 4.69) is 60.0 Å². The van der Waals surface area contributed by atoms with Crippen molar-refractivity contribution in [3.63, 3.8) is 0 Å². The summed E-state index contributed by atoms with van der Waals surface area (Å²) in [6.07, 6.45) is 3.94. The van der Waals surface area contributed by atoms with E-state index < -0.39 is 12.3 Å². The summed E-state index contributed by atoms with van der Waals surface area (Å²) in [6, 6.07) is 23.0. The number of hydrogen-bond donors (Lipinski definition) is 0. The van der Waals surface area contributed by atoms with Crippen molar-refractivity contribution in [3.05, 3.63) is 89.0 Å². The minimum absolute atomic E-state index is 0.0726. The van der Waals surface area contributed by atoms with Crippen molar-refractivity contribution in [2.24, 2.45) is 0 Å². The van der Waals surface area contributed by atoms with Crippen molar-refractivity contribution in [2.45, 2.75) is 63.9 Å². The van der Waals surface area contributed by atoms with Gasteiger partial charge in [-0.15, -0.1) is 0 Å². The minimum atomic E-state index is -0.668. The predicted octanol–water partition coefficient (Wildman–Crippen LogP) is 7.26. The molecule has 3 aromatic carbocycles. The molecule has 38 heavy (non-hydrogen) atoms. The largest absolute Gasteiger partial charge is 0.514 e. The van der Waals surface area contributed by atoms with Crippen LogP contribution in [0.5, 0.6) is 5.75 Å². The number of nitrogens with zero attached hydrogens (tertiary/aromatic N) is 2. The van der Waals surface area contributed by atoms with Gasteiger partial charge < -0.3 is 19.3 Å². The SMILES string of the molecule is CC(OC(=O)Oc1ccccc1)C1c2ccc(N3CCCC3)cc2C(C)(C)c2cc(N3CCCC3)ccc21. The Morgan fingerprint density at radius 1 is 0.789 bits per heavy atom. The van der Waals surface area contributed by atoms with Crippen LogP contribution in [-0.2, 0) is 10.2 Å². The van der Waals surface area contributed by atoms with Crippen LogP contribution in [0.4, 0.5) is 16.2 Å². The van der Waals surface area contributed by atoms with E-state index in [1.807, 2.05) is 25.1 Å². The summed E-state index contributed by atoms with van der Waals surface area (Å²) in [6.45, 7) is 11.1. The first-order chi connectivity index (χ1) is 18.4. The lowest BCUT2D eigenvalue weighted by molar-refractivity contribution is 0.0585. The molecule has 1 aliphatic carbocycles. The van der Waals surface area contributed by atoms with Crippen molar-refractivity contribution in [1.82, 2.24) is 0 Å². The van der Waals surface area contributed by atoms with Crippen molar-refractivity contribution >= 4 is 17.5 Å². The van der Waals surface area contributed by atoms with Gasteiger partial charge in [-0.05, 0) is 91.3 Å². The molecule has 0 aromatic heterocycles. The topological polar surface area (TPSA) is 42.0 Å². The maximum Gasteiger partial charge on any atom is 0.514 e. The van der Waals surface area contributed by atoms with Gasteiger partial charge in [-0.25, -0.2) is 4.79 Å². The van der Waals surface area contributed by atoms with Gasteiger partial charge in [0.05, 0.1) is 0 Å². The fourth-order valence-corrected chi connectivity index (χ4v) is 6.70. The average molecular weight is 511 g/mol. The summed E-state index contributed by atoms with van der Waals surface area (Å²) in [5, 5.41) is 0. The quantitative estimate of drug-likeness (QED) is 0.267. The van der Waals surface area contributed by atoms with E-state index in [0.29, 0.717) is 5.75 Å². The van der Waals surface area contributed by atoms with Gasteiger partial charge in [0.25, 0.3) is 0 Å². The number of anilines is 2. The lowest BCUT2D eigenvalue weighted by Crippen LogP contribution is -2.35. The highest BCUT2D eigenvalue weighted by molar-refractivity contribution is 5.67. The maximum absolute atomic E-state index is 12.8. The first-order valence-electron chi connectivity index (χ1n) is 14.1. The number of carbonyl (C=O) groups is 1. The zero-order chi connectivity index (χ0) is 26.3. The zero-order valence-electron chi connectivity index (χ0n) is 22.8. The number of fused-ring (bicyclic) bond motifs is 2. The molecule has 3 aromatic rings. The number of para-hydroxylation sites is 1. The van der Waals surface area contributed by atoms with Gasteiger partial charge in [-0.1, -0.05) is 44.2 Å². The third-order valence-electron chi connectivity index (χ3n) is 8.73. The van der Waals surface area contributed by atoms with Gasteiger partial charge >= 0.3 is 6.16 Å². The van der Waals surface area contributed by atoms with Gasteiger partial charge in [-0.2, -0.15) is 0 Å². The zero-order valence-corrected chi connectivity index (χ0v) is 22.8. The molecule has 5 nitrogen and oxygen atoms in total. The van der Waals surface area contributed by atoms with Crippen molar-refractivity contribution < 1.29 is 14.3 Å². The average Bonchev–Trinajstić information content (AvgIpc) is 3.64. The Labute approximate surface area is 226 Å². The van der Waals surface area contributed by atoms with Gasteiger partial charge in [0.1, 0.15) is 11.9 Å². The van der Waals surface area contributed by atoms with E-state index in [-0.39, 0.29) is 11.3 Å². The number of benzene rings is 3. The molecule has 2 aliphatic heterocycles. The molecule has 2 fully saturated rings. The Hall–Kier alpha value is -3.47. The van der Waals surface area contributed by atoms with E-state index in [1.165, 1.54) is 59.3 Å². The molecule has 1 unspecified atom stereocenters. The van der Waals surface area contributed by atoms with E-state index in [0.717, 1.165) is 26.2 Å². The minimum Gasteiger partial charge on any atom is -0.430 e. The smallest absolute Gasteiger partial charge is 0.430 e. The van der Waals surface area contributed by atoms with Crippen molar-refractivity contribution in [3.8, 4) is 5.75 Å². The molecule has 0 radical (unpaired) electrons. The lowest BCUT2D eigenvalue weighted by Gasteiger charge is -2.42. The fraction of sp³-hybridized carbons (Fsp3) is 0.424. The summed E-state index contributed by atoms with van der Waals surface area (Å²) < 4.78 is 11.4. The van der Waals surface area contributed by atoms with Crippen molar-refractivity contribution in [1.29, 1.82) is 0 Å². The Bertz CT molecular complexity index is 1240. The third kappa shape index (κ3) is 4.53. The molecular weight excluding hydrogens is 472 g/mol. The van der Waals surface area contributed by atoms with Crippen LogP contribution in [0, 0.1) is 0 Å². The fourth-order valence-electron chi connectivity index (χ4n) is 6.70. The molecule has 198 valence electrons. The normalized spacial score (nSPS) is 19.1. The Morgan fingerprint density at radius 2 is 1.29 bits per heavy atom. The van der Waals surface area contributed by atoms with Gasteiger partial charge in [-0.3, -0.25) is 0 Å². The molecule has 5 heteroatoms. The van der Waals surface area contributed by atoms with Crippen LogP contribution in [0.15, 0.2) is 66.7 Å². The van der Waals surface area contributed by atoms with E-state index >= 15 is 0 Å². The van der Waals surface area contributed by atoms with Crippen LogP contribution in [0.3, 0.4) is 0 Å². The third-order valence-corrected chi connectivity index (χ3v) is 8.73. The maximum atomic E-state index is 12.8. The molecule has 2 heterocycles. The van der Waals surface area contributed by atoms with Crippen molar-refractivity contribution in [2.75, 3.05) is 36.0 Å². The Morgan fingerprint density at radius 3 is 1.79 bits per heavy atom. The summed E-state index contributed by atoms with van der Waals surface area (Å²) in [5.74, 6) is 0.414. The molecule has 0 spiro atoms. The molecular formula is C33H38N2O3. The highest BCUT2D eigenvalue weighted by atomic mass is 16.7. The second kappa shape index (κ2) is 10.0. The predicted molar refractivity (Wildman–Crippen MR) is 153 cm³/mol. The Kier molecular flexibility index (Phi) is 6.55. The molecule has 0 bridgehead atoms. The summed E-state index contributed by atoms with van der Waals surface area (Å²) in [7, 11) is 0. The van der Waals surface area contributed by atoms with Gasteiger partial charge in [0.15, 0.2) is 0 Å². The second-order valence-corrected chi connectivity index (χ2v) is 11.5. The van der Waals surface area contributed by atoms with Crippen LogP contribution < -0.4 is 14.5 Å². The van der Waals surface area contributed by atoms with Gasteiger partial charge in [0.2, 0.25) is 0 Å². The second-order valence-electron chi connectivity index (χ2n) is 11.5. The van der Waals surface area contributed by atoms with Gasteiger partial charge in [0, 0.05) is 48.9 Å². The van der Waals surface area contributed by atoms with Crippen LogP contribution in [0.25, 0.3) is 0 Å². The summed E-state index contributed by atoms with van der Waals surface area (Å²) in [4.78, 5) is 17.8. The molecule has 3 aliphatic rings. The molecule has 0 amide bonds. The van der Waals surface area contributed by atoms with E-state index in [1.54, 1.807) is 12.1 Å². The monoisotopic (exact) mass is 510 g/mol. The number of rotatable bonds is 5. The Balaban J connectivity index is 1.39. The van der Waals surface area contributed by atoms with E-state index in [4.69, 9.17) is 9.47 Å². The molecule has 6 rings (SSSR count). The molecule has 0 N–H and O–H groups in total. The standard InChI is InChI=1S/C33H38N2O3/c1-23(37-32(36)38-26-11-5-4-6-12-26)31-27-15-13-24(34-17-7-8-18-34)21-29(27)33(2,3)30-22-25(14-16-28(30)31)35-19-9-10-20-35/h4-6,11-16,21-23,31H,7-10,17-20H2,1-3H3. The highest BCUT2D eigenvalue weighted by Crippen LogP contribution is 2.50. The number of carbonyl (C=O) groups excluding carboxylic acids is 1. The molecule has 0 saturated carbocycles. The number of ether oxygens (including phenoxy) is 2. The summed E-state index contributed by atoms with van der Waals surface area (Å²) >= 11 is 0. The van der Waals surface area contributed by atoms with Crippen LogP contribution in [0.2, 0.25) is 0 Å². The summed E-state index contributed by atoms with van der Waals surface area (Å²) in [5.41, 5.74) is 7.54. The van der Waals surface area contributed by atoms with Crippen LogP contribution >= 0.6 is 0 Å². The number of hydrogen-bond acceptors (Lipinski definition) is 5. The molecule has 1 atom stereocenters. The molecule has 2 saturated heterocycles. The highest BCUT2D eigenvalue weighted by Gasteiger charge is 2.41. The van der Waals surface area contributed by atoms with E-state index in [9.17, 15) is 4.79 Å². The van der Waals surface area contributed by atoms with Crippen LogP contribution in [0.1, 0.15) is 74.6 Å². The lowest BCUT2D eigenvalue weighted by atomic mass is 9.64. The van der Waals surface area contributed by atoms with Crippen LogP contribution in [-0.4, -0.2) is 38.4 Å².